The van der Waals surface area contributed by atoms with E-state index in [9.17, 15) is 5.11 Å². The molecule has 0 saturated heterocycles. The second kappa shape index (κ2) is 6.50. The van der Waals surface area contributed by atoms with Gasteiger partial charge in [-0.15, -0.1) is 0 Å². The molecule has 0 aliphatic rings. The second-order valence-electron chi connectivity index (χ2n) is 4.71. The predicted molar refractivity (Wildman–Crippen MR) is 75.0 cm³/mol. The minimum Gasteiger partial charge on any atom is -0.387 e. The first kappa shape index (κ1) is 14.6. The average Bonchev–Trinajstić information content (AvgIpc) is 2.28. The molecule has 0 radical (unpaired) electrons. The number of hydrogen-bond donors (Lipinski definition) is 2. The van der Waals surface area contributed by atoms with Crippen LogP contribution in [0.25, 0.3) is 0 Å². The van der Waals surface area contributed by atoms with Crippen molar-refractivity contribution in [3.05, 3.63) is 33.8 Å². The highest BCUT2D eigenvalue weighted by Crippen LogP contribution is 2.24. The molecule has 1 aromatic carbocycles. The molecule has 1 aromatic rings. The summed E-state index contributed by atoms with van der Waals surface area (Å²) in [6, 6.07) is 5.63. The van der Waals surface area contributed by atoms with Crippen molar-refractivity contribution in [2.75, 3.05) is 20.6 Å². The van der Waals surface area contributed by atoms with E-state index < -0.39 is 6.10 Å². The summed E-state index contributed by atoms with van der Waals surface area (Å²) >= 11 is 3.47. The minimum atomic E-state index is -0.605. The zero-order chi connectivity index (χ0) is 13.0. The van der Waals surface area contributed by atoms with Crippen LogP contribution in [-0.2, 0) is 0 Å². The Kier molecular flexibility index (Phi) is 5.59. The fraction of sp³-hybridized carbons (Fsp3) is 0.538. The highest BCUT2D eigenvalue weighted by Gasteiger charge is 2.17. The van der Waals surface area contributed by atoms with Gasteiger partial charge in [-0.1, -0.05) is 28.1 Å². The highest BCUT2D eigenvalue weighted by atomic mass is 79.9. The molecule has 1 rings (SSSR count). The zero-order valence-corrected chi connectivity index (χ0v) is 12.2. The van der Waals surface area contributed by atoms with Gasteiger partial charge in [0.1, 0.15) is 0 Å². The van der Waals surface area contributed by atoms with Crippen LogP contribution in [0.3, 0.4) is 0 Å². The Morgan fingerprint density at radius 1 is 1.41 bits per heavy atom. The maximum absolute atomic E-state index is 10.2. The Labute approximate surface area is 112 Å². The normalized spacial score (nSPS) is 15.0. The summed E-state index contributed by atoms with van der Waals surface area (Å²) in [5.41, 5.74) is 8.02. The van der Waals surface area contributed by atoms with Gasteiger partial charge in [-0.25, -0.2) is 0 Å². The van der Waals surface area contributed by atoms with E-state index in [1.165, 1.54) is 0 Å². The maximum atomic E-state index is 10.2. The van der Waals surface area contributed by atoms with Crippen molar-refractivity contribution in [2.24, 2.45) is 5.73 Å². The van der Waals surface area contributed by atoms with Crippen molar-refractivity contribution in [2.45, 2.75) is 25.5 Å². The first-order valence-corrected chi connectivity index (χ1v) is 6.55. The van der Waals surface area contributed by atoms with Crippen LogP contribution in [0, 0.1) is 6.92 Å². The van der Waals surface area contributed by atoms with E-state index in [0.717, 1.165) is 28.6 Å². The molecule has 96 valence electrons. The molecule has 0 spiro atoms. The molecule has 0 fully saturated rings. The van der Waals surface area contributed by atoms with Crippen molar-refractivity contribution in [1.82, 2.24) is 4.90 Å². The fourth-order valence-electron chi connectivity index (χ4n) is 1.61. The van der Waals surface area contributed by atoms with Crippen LogP contribution in [0.5, 0.6) is 0 Å². The molecule has 0 amide bonds. The minimum absolute atomic E-state index is 0.230. The molecular weight excluding hydrogens is 280 g/mol. The number of hydrogen-bond acceptors (Lipinski definition) is 3. The number of nitrogens with zero attached hydrogens (tertiary/aromatic N) is 1. The molecule has 17 heavy (non-hydrogen) atoms. The van der Waals surface area contributed by atoms with Gasteiger partial charge in [-0.3, -0.25) is 0 Å². The SMILES string of the molecule is Cc1ccc(C(O)C(N)CCN(C)C)cc1Br. The monoisotopic (exact) mass is 300 g/mol. The van der Waals surface area contributed by atoms with Gasteiger partial charge >= 0.3 is 0 Å². The van der Waals surface area contributed by atoms with E-state index in [-0.39, 0.29) is 6.04 Å². The molecule has 0 aliphatic heterocycles. The van der Waals surface area contributed by atoms with E-state index in [1.54, 1.807) is 0 Å². The smallest absolute Gasteiger partial charge is 0.0941 e. The van der Waals surface area contributed by atoms with Crippen molar-refractivity contribution < 1.29 is 5.11 Å². The molecule has 3 N–H and O–H groups in total. The van der Waals surface area contributed by atoms with E-state index >= 15 is 0 Å². The van der Waals surface area contributed by atoms with Gasteiger partial charge in [-0.2, -0.15) is 0 Å². The molecule has 0 bridgehead atoms. The number of aliphatic hydroxyl groups excluding tert-OH is 1. The van der Waals surface area contributed by atoms with Crippen LogP contribution < -0.4 is 5.73 Å². The Morgan fingerprint density at radius 2 is 2.06 bits per heavy atom. The lowest BCUT2D eigenvalue weighted by Gasteiger charge is -2.21. The predicted octanol–water partition coefficient (Wildman–Crippen LogP) is 2.07. The Morgan fingerprint density at radius 3 is 2.59 bits per heavy atom. The van der Waals surface area contributed by atoms with Gasteiger partial charge in [0.05, 0.1) is 6.10 Å². The second-order valence-corrected chi connectivity index (χ2v) is 5.56. The molecule has 0 aromatic heterocycles. The van der Waals surface area contributed by atoms with Crippen LogP contribution in [0.15, 0.2) is 22.7 Å². The van der Waals surface area contributed by atoms with Gasteiger partial charge < -0.3 is 15.7 Å². The summed E-state index contributed by atoms with van der Waals surface area (Å²) < 4.78 is 1.01. The lowest BCUT2D eigenvalue weighted by Crippen LogP contribution is -2.32. The third kappa shape index (κ3) is 4.39. The van der Waals surface area contributed by atoms with Gasteiger partial charge in [-0.05, 0) is 51.2 Å². The average molecular weight is 301 g/mol. The maximum Gasteiger partial charge on any atom is 0.0941 e. The fourth-order valence-corrected chi connectivity index (χ4v) is 2.00. The Hall–Kier alpha value is -0.420. The number of halogens is 1. The summed E-state index contributed by atoms with van der Waals surface area (Å²) in [6.45, 7) is 2.90. The van der Waals surface area contributed by atoms with Crippen molar-refractivity contribution in [1.29, 1.82) is 0 Å². The molecule has 0 saturated carbocycles. The topological polar surface area (TPSA) is 49.5 Å². The first-order chi connectivity index (χ1) is 7.91. The summed E-state index contributed by atoms with van der Waals surface area (Å²) in [6.07, 6.45) is 0.173. The van der Waals surface area contributed by atoms with Crippen LogP contribution in [-0.4, -0.2) is 36.7 Å². The largest absolute Gasteiger partial charge is 0.387 e. The summed E-state index contributed by atoms with van der Waals surface area (Å²) in [5, 5.41) is 10.2. The molecule has 3 nitrogen and oxygen atoms in total. The van der Waals surface area contributed by atoms with Crippen LogP contribution in [0.2, 0.25) is 0 Å². The third-order valence-corrected chi connectivity index (χ3v) is 3.71. The number of aliphatic hydroxyl groups is 1. The summed E-state index contributed by atoms with van der Waals surface area (Å²) in [7, 11) is 4.00. The molecular formula is C13H21BrN2O. The first-order valence-electron chi connectivity index (χ1n) is 5.76. The zero-order valence-electron chi connectivity index (χ0n) is 10.7. The van der Waals surface area contributed by atoms with Crippen molar-refractivity contribution in [3.63, 3.8) is 0 Å². The number of nitrogens with two attached hydrogens (primary N) is 1. The number of rotatable bonds is 5. The lowest BCUT2D eigenvalue weighted by atomic mass is 9.99. The lowest BCUT2D eigenvalue weighted by molar-refractivity contribution is 0.137. The van der Waals surface area contributed by atoms with Gasteiger partial charge in [0.25, 0.3) is 0 Å². The third-order valence-electron chi connectivity index (χ3n) is 2.85. The molecule has 0 heterocycles. The number of aryl methyl sites for hydroxylation is 1. The van der Waals surface area contributed by atoms with E-state index in [1.807, 2.05) is 39.2 Å². The number of benzene rings is 1. The van der Waals surface area contributed by atoms with Crippen molar-refractivity contribution >= 4 is 15.9 Å². The summed E-state index contributed by atoms with van der Waals surface area (Å²) in [5.74, 6) is 0. The van der Waals surface area contributed by atoms with Gasteiger partial charge in [0.15, 0.2) is 0 Å². The Bertz CT molecular complexity index is 368. The van der Waals surface area contributed by atoms with Gasteiger partial charge in [0.2, 0.25) is 0 Å². The quantitative estimate of drug-likeness (QED) is 0.875. The molecule has 2 atom stereocenters. The van der Waals surface area contributed by atoms with Crippen molar-refractivity contribution in [3.8, 4) is 0 Å². The van der Waals surface area contributed by atoms with Gasteiger partial charge in [0, 0.05) is 10.5 Å². The highest BCUT2D eigenvalue weighted by molar-refractivity contribution is 9.10. The molecule has 2 unspecified atom stereocenters. The van der Waals surface area contributed by atoms with Crippen LogP contribution in [0.1, 0.15) is 23.7 Å². The Balaban J connectivity index is 2.67. The van der Waals surface area contributed by atoms with Crippen LogP contribution in [0.4, 0.5) is 0 Å². The van der Waals surface area contributed by atoms with E-state index in [2.05, 4.69) is 20.8 Å². The molecule has 0 aliphatic carbocycles. The standard InChI is InChI=1S/C13H21BrN2O/c1-9-4-5-10(8-11(9)14)13(17)12(15)6-7-16(2)3/h4-5,8,12-13,17H,6-7,15H2,1-3H3. The van der Waals surface area contributed by atoms with E-state index in [0.29, 0.717) is 0 Å². The van der Waals surface area contributed by atoms with E-state index in [4.69, 9.17) is 5.73 Å². The molecule has 4 heteroatoms. The summed E-state index contributed by atoms with van der Waals surface area (Å²) in [4.78, 5) is 2.07. The van der Waals surface area contributed by atoms with Crippen LogP contribution >= 0.6 is 15.9 Å².